The molecule has 1 aliphatic rings. The van der Waals surface area contributed by atoms with E-state index in [1.54, 1.807) is 7.11 Å². The van der Waals surface area contributed by atoms with Gasteiger partial charge in [-0.25, -0.2) is 0 Å². The van der Waals surface area contributed by atoms with E-state index in [9.17, 15) is 4.79 Å². The molecule has 2 aromatic carbocycles. The fourth-order valence-electron chi connectivity index (χ4n) is 3.41. The van der Waals surface area contributed by atoms with Crippen LogP contribution in [0.3, 0.4) is 0 Å². The Kier molecular flexibility index (Phi) is 6.22. The molecule has 0 spiro atoms. The van der Waals surface area contributed by atoms with Crippen molar-refractivity contribution in [1.82, 2.24) is 4.90 Å². The van der Waals surface area contributed by atoms with Gasteiger partial charge in [0.2, 0.25) is 0 Å². The van der Waals surface area contributed by atoms with Gasteiger partial charge >= 0.3 is 0 Å². The highest BCUT2D eigenvalue weighted by molar-refractivity contribution is 5.78. The molecule has 1 aliphatic heterocycles. The molecule has 5 heteroatoms. The molecule has 0 atom stereocenters. The van der Waals surface area contributed by atoms with E-state index in [2.05, 4.69) is 30.9 Å². The predicted octanol–water partition coefficient (Wildman–Crippen LogP) is 3.55. The summed E-state index contributed by atoms with van der Waals surface area (Å²) in [5.41, 5.74) is 2.21. The van der Waals surface area contributed by atoms with E-state index < -0.39 is 0 Å². The molecule has 0 radical (unpaired) electrons. The summed E-state index contributed by atoms with van der Waals surface area (Å²) in [6, 6.07) is 15.9. The zero-order valence-electron chi connectivity index (χ0n) is 16.4. The Balaban J connectivity index is 1.55. The first kappa shape index (κ1) is 19.1. The number of piperazine rings is 1. The summed E-state index contributed by atoms with van der Waals surface area (Å²) in [5.74, 6) is 2.06. The monoisotopic (exact) mass is 368 g/mol. The lowest BCUT2D eigenvalue weighted by Crippen LogP contribution is -2.50. The van der Waals surface area contributed by atoms with Gasteiger partial charge in [-0.05, 0) is 29.7 Å². The highest BCUT2D eigenvalue weighted by atomic mass is 16.5. The number of methoxy groups -OCH3 is 1. The third-order valence-electron chi connectivity index (χ3n) is 4.95. The van der Waals surface area contributed by atoms with Gasteiger partial charge in [0.1, 0.15) is 11.5 Å². The number of para-hydroxylation sites is 3. The molecule has 144 valence electrons. The molecule has 0 N–H and O–H groups in total. The zero-order valence-corrected chi connectivity index (χ0v) is 16.4. The number of carbonyl (C=O) groups excluding carboxylic acids is 1. The van der Waals surface area contributed by atoms with Gasteiger partial charge < -0.3 is 19.3 Å². The molecule has 1 saturated heterocycles. The molecule has 0 bridgehead atoms. The smallest absolute Gasteiger partial charge is 0.260 e. The molecule has 1 heterocycles. The van der Waals surface area contributed by atoms with Gasteiger partial charge in [-0.1, -0.05) is 44.2 Å². The molecule has 5 nitrogen and oxygen atoms in total. The van der Waals surface area contributed by atoms with Gasteiger partial charge in [0.15, 0.2) is 6.61 Å². The standard InChI is InChI=1S/C22H28N2O3/c1-17(2)18-8-4-6-10-20(18)27-16-22(25)24-14-12-23(13-15-24)19-9-5-7-11-21(19)26-3/h4-11,17H,12-16H2,1-3H3. The number of rotatable bonds is 6. The molecule has 1 amide bonds. The Labute approximate surface area is 161 Å². The van der Waals surface area contributed by atoms with E-state index in [1.807, 2.05) is 41.3 Å². The van der Waals surface area contributed by atoms with Crippen molar-refractivity contribution in [3.63, 3.8) is 0 Å². The topological polar surface area (TPSA) is 42.0 Å². The quantitative estimate of drug-likeness (QED) is 0.782. The zero-order chi connectivity index (χ0) is 19.2. The second-order valence-electron chi connectivity index (χ2n) is 7.02. The van der Waals surface area contributed by atoms with E-state index in [1.165, 1.54) is 0 Å². The lowest BCUT2D eigenvalue weighted by molar-refractivity contribution is -0.133. The minimum Gasteiger partial charge on any atom is -0.495 e. The highest BCUT2D eigenvalue weighted by Gasteiger charge is 2.23. The van der Waals surface area contributed by atoms with Crippen LogP contribution in [0.25, 0.3) is 0 Å². The number of benzene rings is 2. The largest absolute Gasteiger partial charge is 0.495 e. The molecule has 0 saturated carbocycles. The number of hydrogen-bond donors (Lipinski definition) is 0. The van der Waals surface area contributed by atoms with Crippen LogP contribution in [0, 0.1) is 0 Å². The minimum absolute atomic E-state index is 0.0354. The molecular formula is C22H28N2O3. The third kappa shape index (κ3) is 4.54. The maximum atomic E-state index is 12.6. The number of hydrogen-bond acceptors (Lipinski definition) is 4. The van der Waals surface area contributed by atoms with Crippen molar-refractivity contribution in [2.75, 3.05) is 44.8 Å². The summed E-state index contributed by atoms with van der Waals surface area (Å²) in [7, 11) is 1.69. The van der Waals surface area contributed by atoms with E-state index in [4.69, 9.17) is 9.47 Å². The van der Waals surface area contributed by atoms with Gasteiger partial charge in [-0.3, -0.25) is 4.79 Å². The maximum Gasteiger partial charge on any atom is 0.260 e. The van der Waals surface area contributed by atoms with E-state index >= 15 is 0 Å². The number of anilines is 1. The Hall–Kier alpha value is -2.69. The molecule has 27 heavy (non-hydrogen) atoms. The van der Waals surface area contributed by atoms with Crippen LogP contribution in [0.2, 0.25) is 0 Å². The molecule has 0 aliphatic carbocycles. The van der Waals surface area contributed by atoms with Crippen molar-refractivity contribution >= 4 is 11.6 Å². The second kappa shape index (κ2) is 8.80. The molecule has 2 aromatic rings. The second-order valence-corrected chi connectivity index (χ2v) is 7.02. The minimum atomic E-state index is 0.0354. The normalized spacial score (nSPS) is 14.4. The Morgan fingerprint density at radius 1 is 0.963 bits per heavy atom. The molecular weight excluding hydrogens is 340 g/mol. The number of carbonyl (C=O) groups is 1. The first-order valence-corrected chi connectivity index (χ1v) is 9.47. The van der Waals surface area contributed by atoms with E-state index in [0.717, 1.165) is 35.8 Å². The fourth-order valence-corrected chi connectivity index (χ4v) is 3.41. The van der Waals surface area contributed by atoms with Crippen LogP contribution in [0.15, 0.2) is 48.5 Å². The lowest BCUT2D eigenvalue weighted by Gasteiger charge is -2.36. The van der Waals surface area contributed by atoms with Crippen LogP contribution in [0.4, 0.5) is 5.69 Å². The summed E-state index contributed by atoms with van der Waals surface area (Å²) >= 11 is 0. The Morgan fingerprint density at radius 2 is 1.59 bits per heavy atom. The van der Waals surface area contributed by atoms with E-state index in [0.29, 0.717) is 19.0 Å². The maximum absolute atomic E-state index is 12.6. The average molecular weight is 368 g/mol. The summed E-state index contributed by atoms with van der Waals surface area (Å²) < 4.78 is 11.3. The van der Waals surface area contributed by atoms with Gasteiger partial charge in [0.05, 0.1) is 12.8 Å². The van der Waals surface area contributed by atoms with Crippen LogP contribution in [0.1, 0.15) is 25.3 Å². The van der Waals surface area contributed by atoms with Gasteiger partial charge in [0.25, 0.3) is 5.91 Å². The van der Waals surface area contributed by atoms with Crippen molar-refractivity contribution < 1.29 is 14.3 Å². The van der Waals surface area contributed by atoms with Crippen molar-refractivity contribution in [3.8, 4) is 11.5 Å². The predicted molar refractivity (Wildman–Crippen MR) is 108 cm³/mol. The summed E-state index contributed by atoms with van der Waals surface area (Å²) in [6.07, 6.45) is 0. The third-order valence-corrected chi connectivity index (χ3v) is 4.95. The average Bonchev–Trinajstić information content (AvgIpc) is 2.72. The van der Waals surface area contributed by atoms with Crippen LogP contribution in [-0.4, -0.2) is 50.7 Å². The number of amides is 1. The van der Waals surface area contributed by atoms with Crippen LogP contribution < -0.4 is 14.4 Å². The van der Waals surface area contributed by atoms with Crippen LogP contribution in [-0.2, 0) is 4.79 Å². The summed E-state index contributed by atoms with van der Waals surface area (Å²) in [4.78, 5) is 16.7. The van der Waals surface area contributed by atoms with Crippen molar-refractivity contribution in [2.45, 2.75) is 19.8 Å². The van der Waals surface area contributed by atoms with Gasteiger partial charge in [-0.2, -0.15) is 0 Å². The fraction of sp³-hybridized carbons (Fsp3) is 0.409. The summed E-state index contributed by atoms with van der Waals surface area (Å²) in [5, 5.41) is 0. The summed E-state index contributed by atoms with van der Waals surface area (Å²) in [6.45, 7) is 7.28. The SMILES string of the molecule is COc1ccccc1N1CCN(C(=O)COc2ccccc2C(C)C)CC1. The molecule has 0 unspecified atom stereocenters. The Morgan fingerprint density at radius 3 is 2.26 bits per heavy atom. The number of ether oxygens (including phenoxy) is 2. The van der Waals surface area contributed by atoms with Crippen LogP contribution in [0.5, 0.6) is 11.5 Å². The van der Waals surface area contributed by atoms with Crippen molar-refractivity contribution in [2.24, 2.45) is 0 Å². The highest BCUT2D eigenvalue weighted by Crippen LogP contribution is 2.28. The van der Waals surface area contributed by atoms with Crippen molar-refractivity contribution in [1.29, 1.82) is 0 Å². The molecule has 0 aromatic heterocycles. The first-order chi connectivity index (χ1) is 13.1. The van der Waals surface area contributed by atoms with Crippen LogP contribution >= 0.6 is 0 Å². The van der Waals surface area contributed by atoms with Gasteiger partial charge in [-0.15, -0.1) is 0 Å². The Bertz CT molecular complexity index is 768. The van der Waals surface area contributed by atoms with Gasteiger partial charge in [0, 0.05) is 26.2 Å². The van der Waals surface area contributed by atoms with E-state index in [-0.39, 0.29) is 12.5 Å². The number of nitrogens with zero attached hydrogens (tertiary/aromatic N) is 2. The lowest BCUT2D eigenvalue weighted by atomic mass is 10.0. The molecule has 1 fully saturated rings. The van der Waals surface area contributed by atoms with Crippen molar-refractivity contribution in [3.05, 3.63) is 54.1 Å². The first-order valence-electron chi connectivity index (χ1n) is 9.47. The molecule has 3 rings (SSSR count).